The van der Waals surface area contributed by atoms with Crippen molar-refractivity contribution in [2.75, 3.05) is 0 Å². The minimum Gasteiger partial charge on any atom is -0.206 e. The summed E-state index contributed by atoms with van der Waals surface area (Å²) in [5.74, 6) is 4.58. The molecule has 4 aromatic rings. The van der Waals surface area contributed by atoms with E-state index in [1.165, 1.54) is 48.9 Å². The Morgan fingerprint density at radius 3 is 2.08 bits per heavy atom. The molecule has 1 nitrogen and oxygen atoms in total. The van der Waals surface area contributed by atoms with Crippen LogP contribution in [-0.2, 0) is 19.3 Å². The molecule has 0 N–H and O–H groups in total. The zero-order valence-electron chi connectivity index (χ0n) is 20.6. The molecular formula is C33H29F2N. The first kappa shape index (κ1) is 25.2. The molecular weight excluding hydrogens is 448 g/mol. The topological polar surface area (TPSA) is 23.8 Å². The quantitative estimate of drug-likeness (QED) is 0.185. The Kier molecular flexibility index (Phi) is 8.48. The van der Waals surface area contributed by atoms with Gasteiger partial charge < -0.3 is 0 Å². The van der Waals surface area contributed by atoms with E-state index in [0.29, 0.717) is 10.9 Å². The number of benzene rings is 4. The standard InChI is InChI=1S/C33H29F2N/c1-2-3-4-5-6-24-7-9-25(10-8-24)11-12-26-15-20-31-29(21-26)19-18-28(33(31)35)16-13-27-14-17-30(23-36)32(34)22-27/h7-10,14-15,17-22H,2-6,11-12H2,1H3. The number of halogens is 2. The number of nitrogens with zero attached hydrogens (tertiary/aromatic N) is 1. The maximum atomic E-state index is 15.1. The molecule has 0 aliphatic rings. The zero-order valence-corrected chi connectivity index (χ0v) is 20.6. The van der Waals surface area contributed by atoms with Crippen molar-refractivity contribution in [3.8, 4) is 17.9 Å². The van der Waals surface area contributed by atoms with Crippen molar-refractivity contribution >= 4 is 10.8 Å². The van der Waals surface area contributed by atoms with E-state index in [-0.39, 0.29) is 16.9 Å². The molecule has 0 radical (unpaired) electrons. The Balaban J connectivity index is 1.41. The molecule has 0 saturated heterocycles. The van der Waals surface area contributed by atoms with Gasteiger partial charge in [-0.25, -0.2) is 8.78 Å². The Morgan fingerprint density at radius 1 is 0.667 bits per heavy atom. The average molecular weight is 478 g/mol. The summed E-state index contributed by atoms with van der Waals surface area (Å²) >= 11 is 0. The molecule has 0 aliphatic heterocycles. The highest BCUT2D eigenvalue weighted by Crippen LogP contribution is 2.23. The van der Waals surface area contributed by atoms with Crippen LogP contribution in [0.15, 0.2) is 72.8 Å². The van der Waals surface area contributed by atoms with Crippen molar-refractivity contribution in [3.63, 3.8) is 0 Å². The van der Waals surface area contributed by atoms with Gasteiger partial charge >= 0.3 is 0 Å². The van der Waals surface area contributed by atoms with Gasteiger partial charge in [0.05, 0.1) is 11.1 Å². The lowest BCUT2D eigenvalue weighted by Crippen LogP contribution is -1.94. The number of aryl methyl sites for hydroxylation is 3. The Morgan fingerprint density at radius 2 is 1.36 bits per heavy atom. The second-order valence-electron chi connectivity index (χ2n) is 9.17. The van der Waals surface area contributed by atoms with Gasteiger partial charge in [0.1, 0.15) is 17.7 Å². The lowest BCUT2D eigenvalue weighted by atomic mass is 9.98. The third-order valence-corrected chi connectivity index (χ3v) is 6.49. The van der Waals surface area contributed by atoms with Crippen LogP contribution in [0.1, 0.15) is 66.0 Å². The molecule has 4 aromatic carbocycles. The highest BCUT2D eigenvalue weighted by Gasteiger charge is 2.07. The van der Waals surface area contributed by atoms with Crippen LogP contribution < -0.4 is 0 Å². The molecule has 0 atom stereocenters. The largest absolute Gasteiger partial charge is 0.206 e. The average Bonchev–Trinajstić information content (AvgIpc) is 2.90. The number of hydrogen-bond acceptors (Lipinski definition) is 1. The van der Waals surface area contributed by atoms with Gasteiger partial charge in [-0.15, -0.1) is 0 Å². The van der Waals surface area contributed by atoms with Crippen LogP contribution in [0, 0.1) is 34.8 Å². The summed E-state index contributed by atoms with van der Waals surface area (Å²) in [5.41, 5.74) is 4.49. The number of rotatable bonds is 8. The third kappa shape index (κ3) is 6.38. The number of fused-ring (bicyclic) bond motifs is 1. The van der Waals surface area contributed by atoms with Crippen LogP contribution in [0.4, 0.5) is 8.78 Å². The minimum atomic E-state index is -0.630. The molecule has 0 fully saturated rings. The van der Waals surface area contributed by atoms with E-state index in [1.807, 2.05) is 24.3 Å². The molecule has 0 spiro atoms. The second kappa shape index (κ2) is 12.1. The summed E-state index contributed by atoms with van der Waals surface area (Å²) in [7, 11) is 0. The van der Waals surface area contributed by atoms with Crippen molar-refractivity contribution in [1.29, 1.82) is 5.26 Å². The van der Waals surface area contributed by atoms with E-state index in [0.717, 1.165) is 30.2 Å². The SMILES string of the molecule is CCCCCCc1ccc(CCc2ccc3c(F)c(C#Cc4ccc(C#N)c(F)c4)ccc3c2)cc1. The van der Waals surface area contributed by atoms with E-state index in [2.05, 4.69) is 43.0 Å². The van der Waals surface area contributed by atoms with E-state index >= 15 is 4.39 Å². The molecule has 180 valence electrons. The molecule has 36 heavy (non-hydrogen) atoms. The van der Waals surface area contributed by atoms with Gasteiger partial charge in [-0.05, 0) is 72.0 Å². The normalized spacial score (nSPS) is 10.6. The molecule has 0 aromatic heterocycles. The van der Waals surface area contributed by atoms with Gasteiger partial charge in [-0.2, -0.15) is 5.26 Å². The summed E-state index contributed by atoms with van der Waals surface area (Å²) in [4.78, 5) is 0. The highest BCUT2D eigenvalue weighted by molar-refractivity contribution is 5.85. The van der Waals surface area contributed by atoms with Crippen molar-refractivity contribution in [1.82, 2.24) is 0 Å². The van der Waals surface area contributed by atoms with Crippen molar-refractivity contribution in [2.24, 2.45) is 0 Å². The summed E-state index contributed by atoms with van der Waals surface area (Å²) in [6, 6.07) is 24.2. The molecule has 0 amide bonds. The lowest BCUT2D eigenvalue weighted by Gasteiger charge is -2.07. The Labute approximate surface area is 212 Å². The molecule has 0 saturated carbocycles. The number of unbranched alkanes of at least 4 members (excludes halogenated alkanes) is 3. The highest BCUT2D eigenvalue weighted by atomic mass is 19.1. The van der Waals surface area contributed by atoms with Gasteiger partial charge in [0.15, 0.2) is 0 Å². The number of nitriles is 1. The third-order valence-electron chi connectivity index (χ3n) is 6.49. The van der Waals surface area contributed by atoms with Crippen LogP contribution in [-0.4, -0.2) is 0 Å². The molecule has 4 rings (SSSR count). The molecule has 0 aliphatic carbocycles. The van der Waals surface area contributed by atoms with Gasteiger partial charge in [-0.3, -0.25) is 0 Å². The molecule has 0 unspecified atom stereocenters. The summed E-state index contributed by atoms with van der Waals surface area (Å²) in [5, 5.41) is 10.2. The van der Waals surface area contributed by atoms with Crippen molar-refractivity contribution < 1.29 is 8.78 Å². The Bertz CT molecular complexity index is 1450. The van der Waals surface area contributed by atoms with Crippen LogP contribution in [0.2, 0.25) is 0 Å². The maximum Gasteiger partial charge on any atom is 0.146 e. The number of hydrogen-bond donors (Lipinski definition) is 0. The van der Waals surface area contributed by atoms with Crippen molar-refractivity contribution in [2.45, 2.75) is 51.9 Å². The van der Waals surface area contributed by atoms with E-state index < -0.39 is 5.82 Å². The summed E-state index contributed by atoms with van der Waals surface area (Å²) < 4.78 is 28.9. The maximum absolute atomic E-state index is 15.1. The van der Waals surface area contributed by atoms with Gasteiger partial charge in [0.2, 0.25) is 0 Å². The fourth-order valence-corrected chi connectivity index (χ4v) is 4.33. The monoisotopic (exact) mass is 477 g/mol. The predicted octanol–water partition coefficient (Wildman–Crippen LogP) is 8.30. The first-order chi connectivity index (χ1) is 17.6. The van der Waals surface area contributed by atoms with Crippen molar-refractivity contribution in [3.05, 3.63) is 118 Å². The van der Waals surface area contributed by atoms with E-state index in [4.69, 9.17) is 5.26 Å². The molecule has 0 heterocycles. The first-order valence-corrected chi connectivity index (χ1v) is 12.6. The fourth-order valence-electron chi connectivity index (χ4n) is 4.33. The van der Waals surface area contributed by atoms with Crippen LogP contribution >= 0.6 is 0 Å². The summed E-state index contributed by atoms with van der Waals surface area (Å²) in [6.45, 7) is 2.23. The molecule has 3 heteroatoms. The van der Waals surface area contributed by atoms with Crippen LogP contribution in [0.25, 0.3) is 10.8 Å². The predicted molar refractivity (Wildman–Crippen MR) is 143 cm³/mol. The van der Waals surface area contributed by atoms with Gasteiger partial charge in [0.25, 0.3) is 0 Å². The Hall–Kier alpha value is -3.95. The lowest BCUT2D eigenvalue weighted by molar-refractivity contribution is 0.623. The van der Waals surface area contributed by atoms with Crippen LogP contribution in [0.5, 0.6) is 0 Å². The minimum absolute atomic E-state index is 0.0388. The smallest absolute Gasteiger partial charge is 0.146 e. The summed E-state index contributed by atoms with van der Waals surface area (Å²) in [6.07, 6.45) is 8.09. The van der Waals surface area contributed by atoms with Crippen LogP contribution in [0.3, 0.4) is 0 Å². The fraction of sp³-hybridized carbons (Fsp3) is 0.242. The zero-order chi connectivity index (χ0) is 25.3. The first-order valence-electron chi connectivity index (χ1n) is 12.6. The van der Waals surface area contributed by atoms with E-state index in [9.17, 15) is 4.39 Å². The second-order valence-corrected chi connectivity index (χ2v) is 9.17. The van der Waals surface area contributed by atoms with Gasteiger partial charge in [-0.1, -0.05) is 86.6 Å². The molecule has 0 bridgehead atoms. The van der Waals surface area contributed by atoms with Gasteiger partial charge in [0, 0.05) is 10.9 Å². The van der Waals surface area contributed by atoms with E-state index in [1.54, 1.807) is 18.2 Å².